The maximum absolute atomic E-state index is 5.80. The van der Waals surface area contributed by atoms with Gasteiger partial charge in [0.2, 0.25) is 0 Å². The standard InChI is InChI=1S/C10H12ClNSi/c1-13(2,9-11)7-5-10-4-3-6-12-8-10/h3-4,6,8H,9H2,1-2H3. The fraction of sp³-hybridized carbons (Fsp3) is 0.300. The second-order valence-corrected chi connectivity index (χ2v) is 8.60. The fourth-order valence-corrected chi connectivity index (χ4v) is 1.46. The largest absolute Gasteiger partial charge is 0.263 e. The van der Waals surface area contributed by atoms with Gasteiger partial charge >= 0.3 is 0 Å². The quantitative estimate of drug-likeness (QED) is 0.394. The van der Waals surface area contributed by atoms with Crippen molar-refractivity contribution in [1.82, 2.24) is 4.98 Å². The third-order valence-electron chi connectivity index (χ3n) is 1.54. The highest BCUT2D eigenvalue weighted by molar-refractivity contribution is 6.89. The van der Waals surface area contributed by atoms with Crippen LogP contribution >= 0.6 is 11.6 Å². The molecular weight excluding hydrogens is 198 g/mol. The van der Waals surface area contributed by atoms with Crippen LogP contribution in [0.25, 0.3) is 0 Å². The molecule has 0 saturated heterocycles. The minimum atomic E-state index is -1.48. The van der Waals surface area contributed by atoms with Crippen molar-refractivity contribution >= 4 is 19.7 Å². The molecule has 1 nitrogen and oxygen atoms in total. The summed E-state index contributed by atoms with van der Waals surface area (Å²) in [6.07, 6.45) is 3.51. The lowest BCUT2D eigenvalue weighted by Crippen LogP contribution is -2.26. The topological polar surface area (TPSA) is 12.9 Å². The average Bonchev–Trinajstić information content (AvgIpc) is 2.17. The highest BCUT2D eigenvalue weighted by atomic mass is 35.5. The summed E-state index contributed by atoms with van der Waals surface area (Å²) < 4.78 is 0. The predicted molar refractivity (Wildman–Crippen MR) is 59.3 cm³/mol. The zero-order valence-corrected chi connectivity index (χ0v) is 9.60. The van der Waals surface area contributed by atoms with Gasteiger partial charge in [-0.2, -0.15) is 0 Å². The number of halogens is 1. The van der Waals surface area contributed by atoms with E-state index in [-0.39, 0.29) is 0 Å². The van der Waals surface area contributed by atoms with Crippen LogP contribution in [-0.4, -0.2) is 18.6 Å². The summed E-state index contributed by atoms with van der Waals surface area (Å²) in [5.74, 6) is 3.10. The van der Waals surface area contributed by atoms with Crippen molar-refractivity contribution in [2.24, 2.45) is 0 Å². The van der Waals surface area contributed by atoms with Gasteiger partial charge in [0, 0.05) is 23.5 Å². The van der Waals surface area contributed by atoms with Gasteiger partial charge in [0.15, 0.2) is 0 Å². The van der Waals surface area contributed by atoms with Gasteiger partial charge in [-0.25, -0.2) is 0 Å². The SMILES string of the molecule is C[Si](C)(C#Cc1cccnc1)CCl. The molecule has 0 radical (unpaired) electrons. The summed E-state index contributed by atoms with van der Waals surface area (Å²) >= 11 is 5.80. The van der Waals surface area contributed by atoms with Crippen molar-refractivity contribution in [2.45, 2.75) is 13.1 Å². The average molecular weight is 210 g/mol. The first kappa shape index (κ1) is 10.3. The summed E-state index contributed by atoms with van der Waals surface area (Å²) in [6, 6.07) is 3.85. The molecule has 0 fully saturated rings. The lowest BCUT2D eigenvalue weighted by Gasteiger charge is -2.07. The summed E-state index contributed by atoms with van der Waals surface area (Å²) in [6.45, 7) is 4.31. The van der Waals surface area contributed by atoms with E-state index < -0.39 is 8.07 Å². The number of alkyl halides is 1. The minimum Gasteiger partial charge on any atom is -0.263 e. The van der Waals surface area contributed by atoms with E-state index in [1.54, 1.807) is 12.4 Å². The Morgan fingerprint density at radius 1 is 1.54 bits per heavy atom. The molecule has 0 amide bonds. The number of rotatable bonds is 1. The molecule has 0 spiro atoms. The van der Waals surface area contributed by atoms with E-state index in [0.717, 1.165) is 5.56 Å². The number of pyridine rings is 1. The zero-order valence-electron chi connectivity index (χ0n) is 7.84. The van der Waals surface area contributed by atoms with Crippen LogP contribution in [-0.2, 0) is 0 Å². The molecule has 1 heterocycles. The molecule has 0 bridgehead atoms. The third-order valence-corrected chi connectivity index (χ3v) is 5.02. The van der Waals surface area contributed by atoms with Gasteiger partial charge in [0.25, 0.3) is 0 Å². The number of hydrogen-bond donors (Lipinski definition) is 0. The van der Waals surface area contributed by atoms with Crippen LogP contribution in [0.5, 0.6) is 0 Å². The van der Waals surface area contributed by atoms with E-state index in [4.69, 9.17) is 11.6 Å². The van der Waals surface area contributed by atoms with E-state index in [9.17, 15) is 0 Å². The number of aromatic nitrogens is 1. The molecule has 0 aliphatic heterocycles. The minimum absolute atomic E-state index is 0.681. The van der Waals surface area contributed by atoms with Crippen molar-refractivity contribution in [3.8, 4) is 11.5 Å². The molecule has 0 saturated carbocycles. The Balaban J connectivity index is 2.79. The molecule has 0 aromatic carbocycles. The lowest BCUT2D eigenvalue weighted by molar-refractivity contribution is 1.31. The first-order valence-electron chi connectivity index (χ1n) is 4.13. The van der Waals surface area contributed by atoms with Crippen molar-refractivity contribution in [3.05, 3.63) is 30.1 Å². The normalized spacial score (nSPS) is 10.4. The van der Waals surface area contributed by atoms with Gasteiger partial charge in [0.1, 0.15) is 8.07 Å². The molecule has 0 aliphatic carbocycles. The summed E-state index contributed by atoms with van der Waals surface area (Å²) in [4.78, 5) is 3.99. The maximum Gasteiger partial charge on any atom is 0.147 e. The van der Waals surface area contributed by atoms with Crippen LogP contribution in [0.2, 0.25) is 13.1 Å². The van der Waals surface area contributed by atoms with Crippen molar-refractivity contribution < 1.29 is 0 Å². The summed E-state index contributed by atoms with van der Waals surface area (Å²) in [5, 5.41) is 0. The number of nitrogens with zero attached hydrogens (tertiary/aromatic N) is 1. The van der Waals surface area contributed by atoms with Gasteiger partial charge in [-0.05, 0) is 12.1 Å². The van der Waals surface area contributed by atoms with Crippen LogP contribution in [0.4, 0.5) is 0 Å². The Bertz CT molecular complexity index is 324. The van der Waals surface area contributed by atoms with E-state index in [1.807, 2.05) is 12.1 Å². The van der Waals surface area contributed by atoms with Crippen LogP contribution in [0, 0.1) is 11.5 Å². The molecule has 1 aromatic rings. The number of hydrogen-bond acceptors (Lipinski definition) is 1. The van der Waals surface area contributed by atoms with E-state index in [1.165, 1.54) is 0 Å². The highest BCUT2D eigenvalue weighted by Gasteiger charge is 2.15. The molecule has 0 N–H and O–H groups in total. The predicted octanol–water partition coefficient (Wildman–Crippen LogP) is 2.46. The smallest absolute Gasteiger partial charge is 0.147 e. The van der Waals surface area contributed by atoms with Gasteiger partial charge in [-0.15, -0.1) is 17.1 Å². The van der Waals surface area contributed by atoms with Gasteiger partial charge < -0.3 is 0 Å². The Kier molecular flexibility index (Phi) is 3.53. The van der Waals surface area contributed by atoms with Crippen molar-refractivity contribution in [2.75, 3.05) is 5.50 Å². The van der Waals surface area contributed by atoms with Crippen molar-refractivity contribution in [3.63, 3.8) is 0 Å². The highest BCUT2D eigenvalue weighted by Crippen LogP contribution is 2.02. The molecule has 0 unspecified atom stereocenters. The molecule has 0 atom stereocenters. The third kappa shape index (κ3) is 3.62. The first-order valence-corrected chi connectivity index (χ1v) is 7.87. The summed E-state index contributed by atoms with van der Waals surface area (Å²) in [7, 11) is -1.48. The van der Waals surface area contributed by atoms with E-state index in [2.05, 4.69) is 29.5 Å². The van der Waals surface area contributed by atoms with E-state index >= 15 is 0 Å². The Hall–Kier alpha value is -0.783. The second-order valence-electron chi connectivity index (χ2n) is 3.51. The zero-order chi connectivity index (χ0) is 9.73. The van der Waals surface area contributed by atoms with Crippen LogP contribution in [0.15, 0.2) is 24.5 Å². The molecular formula is C10H12ClNSi. The Labute approximate surface area is 85.2 Å². The monoisotopic (exact) mass is 209 g/mol. The first-order chi connectivity index (χ1) is 6.14. The Morgan fingerprint density at radius 2 is 2.31 bits per heavy atom. The van der Waals surface area contributed by atoms with Crippen LogP contribution in [0.1, 0.15) is 5.56 Å². The maximum atomic E-state index is 5.80. The Morgan fingerprint density at radius 3 is 2.85 bits per heavy atom. The van der Waals surface area contributed by atoms with Gasteiger partial charge in [-0.1, -0.05) is 19.0 Å². The molecule has 0 aliphatic rings. The lowest BCUT2D eigenvalue weighted by atomic mass is 10.3. The van der Waals surface area contributed by atoms with Crippen LogP contribution < -0.4 is 0 Å². The molecule has 1 aromatic heterocycles. The van der Waals surface area contributed by atoms with E-state index in [0.29, 0.717) is 5.50 Å². The van der Waals surface area contributed by atoms with Gasteiger partial charge in [0.05, 0.1) is 0 Å². The molecule has 13 heavy (non-hydrogen) atoms. The summed E-state index contributed by atoms with van der Waals surface area (Å²) in [5.41, 5.74) is 4.89. The molecule has 3 heteroatoms. The second kappa shape index (κ2) is 4.45. The fourth-order valence-electron chi connectivity index (χ4n) is 0.711. The van der Waals surface area contributed by atoms with Crippen molar-refractivity contribution in [1.29, 1.82) is 0 Å². The van der Waals surface area contributed by atoms with Crippen LogP contribution in [0.3, 0.4) is 0 Å². The molecule has 1 rings (SSSR count). The van der Waals surface area contributed by atoms with Gasteiger partial charge in [-0.3, -0.25) is 4.98 Å². The molecule has 68 valence electrons.